The first-order valence-corrected chi connectivity index (χ1v) is 9.87. The molecule has 0 aromatic heterocycles. The van der Waals surface area contributed by atoms with E-state index in [0.717, 1.165) is 5.56 Å². The highest BCUT2D eigenvalue weighted by Gasteiger charge is 2.10. The summed E-state index contributed by atoms with van der Waals surface area (Å²) in [5.41, 5.74) is 1.70. The second-order valence-electron chi connectivity index (χ2n) is 6.46. The zero-order chi connectivity index (χ0) is 22.5. The maximum Gasteiger partial charge on any atom is 0.319 e. The van der Waals surface area contributed by atoms with E-state index >= 15 is 0 Å². The van der Waals surface area contributed by atoms with Crippen molar-refractivity contribution in [1.29, 1.82) is 0 Å². The second kappa shape index (κ2) is 12.6. The van der Waals surface area contributed by atoms with Gasteiger partial charge in [-0.3, -0.25) is 14.4 Å². The highest BCUT2D eigenvalue weighted by Crippen LogP contribution is 2.10. The molecule has 0 spiro atoms. The largest absolute Gasteiger partial charge is 0.466 e. The molecule has 0 saturated heterocycles. The van der Waals surface area contributed by atoms with Crippen LogP contribution in [-0.4, -0.2) is 43.5 Å². The molecule has 0 radical (unpaired) electrons. The molecule has 2 aromatic carbocycles. The van der Waals surface area contributed by atoms with Crippen LogP contribution in [0.25, 0.3) is 0 Å². The number of carbonyl (C=O) groups excluding carboxylic acids is 4. The van der Waals surface area contributed by atoms with Crippen LogP contribution < -0.4 is 21.3 Å². The Morgan fingerprint density at radius 3 is 2.42 bits per heavy atom. The van der Waals surface area contributed by atoms with Crippen LogP contribution in [-0.2, 0) is 20.9 Å². The highest BCUT2D eigenvalue weighted by molar-refractivity contribution is 5.98. The van der Waals surface area contributed by atoms with Crippen molar-refractivity contribution in [2.75, 3.05) is 25.0 Å². The average Bonchev–Trinajstić information content (AvgIpc) is 2.77. The van der Waals surface area contributed by atoms with Crippen molar-refractivity contribution < 1.29 is 23.9 Å². The van der Waals surface area contributed by atoms with Gasteiger partial charge in [0.2, 0.25) is 5.91 Å². The number of benzene rings is 2. The lowest BCUT2D eigenvalue weighted by Crippen LogP contribution is -2.37. The van der Waals surface area contributed by atoms with Crippen molar-refractivity contribution >= 4 is 29.5 Å². The zero-order valence-corrected chi connectivity index (χ0v) is 17.3. The first-order valence-electron chi connectivity index (χ1n) is 9.87. The third kappa shape index (κ3) is 8.99. The van der Waals surface area contributed by atoms with Gasteiger partial charge < -0.3 is 26.0 Å². The van der Waals surface area contributed by atoms with Gasteiger partial charge in [-0.1, -0.05) is 36.4 Å². The Balaban J connectivity index is 1.75. The lowest BCUT2D eigenvalue weighted by Gasteiger charge is -2.10. The van der Waals surface area contributed by atoms with E-state index in [9.17, 15) is 19.2 Å². The number of esters is 1. The number of hydrogen-bond donors (Lipinski definition) is 4. The lowest BCUT2D eigenvalue weighted by molar-refractivity contribution is -0.143. The van der Waals surface area contributed by atoms with Gasteiger partial charge in [0.15, 0.2) is 0 Å². The Morgan fingerprint density at radius 2 is 1.68 bits per heavy atom. The van der Waals surface area contributed by atoms with Gasteiger partial charge in [0.25, 0.3) is 5.91 Å². The second-order valence-corrected chi connectivity index (χ2v) is 6.46. The van der Waals surface area contributed by atoms with Crippen molar-refractivity contribution in [3.8, 4) is 0 Å². The summed E-state index contributed by atoms with van der Waals surface area (Å²) in [5.74, 6) is -1.29. The van der Waals surface area contributed by atoms with Crippen molar-refractivity contribution in [2.24, 2.45) is 0 Å². The van der Waals surface area contributed by atoms with Crippen molar-refractivity contribution in [3.05, 3.63) is 65.7 Å². The van der Waals surface area contributed by atoms with Crippen LogP contribution >= 0.6 is 0 Å². The molecule has 4 amide bonds. The molecule has 2 aromatic rings. The fourth-order valence-electron chi connectivity index (χ4n) is 2.55. The van der Waals surface area contributed by atoms with E-state index in [1.165, 1.54) is 6.07 Å². The quantitative estimate of drug-likeness (QED) is 0.431. The van der Waals surface area contributed by atoms with Gasteiger partial charge >= 0.3 is 12.0 Å². The monoisotopic (exact) mass is 426 g/mol. The standard InChI is InChI=1S/C22H26N4O5/c1-2-31-20(28)11-12-23-19(27)15-24-21(29)17-9-6-10-18(13-17)26-22(30)25-14-16-7-4-3-5-8-16/h3-10,13H,2,11-12,14-15H2,1H3,(H,23,27)(H,24,29)(H2,25,26,30). The molecule has 4 N–H and O–H groups in total. The van der Waals surface area contributed by atoms with Crippen LogP contribution in [0.3, 0.4) is 0 Å². The number of ether oxygens (including phenoxy) is 1. The minimum atomic E-state index is -0.464. The summed E-state index contributed by atoms with van der Waals surface area (Å²) in [7, 11) is 0. The maximum absolute atomic E-state index is 12.3. The predicted octanol–water partition coefficient (Wildman–Crippen LogP) is 1.81. The highest BCUT2D eigenvalue weighted by atomic mass is 16.5. The molecule has 164 valence electrons. The fourth-order valence-corrected chi connectivity index (χ4v) is 2.55. The first kappa shape index (κ1) is 23.4. The van der Waals surface area contributed by atoms with Crippen LogP contribution in [0.2, 0.25) is 0 Å². The van der Waals surface area contributed by atoms with E-state index in [4.69, 9.17) is 4.74 Å². The summed E-state index contributed by atoms with van der Waals surface area (Å²) in [6, 6.07) is 15.4. The van der Waals surface area contributed by atoms with E-state index < -0.39 is 23.8 Å². The molecule has 9 nitrogen and oxygen atoms in total. The fraction of sp³-hybridized carbons (Fsp3) is 0.273. The first-order chi connectivity index (χ1) is 15.0. The normalized spacial score (nSPS) is 9.97. The topological polar surface area (TPSA) is 126 Å². The summed E-state index contributed by atoms with van der Waals surface area (Å²) >= 11 is 0. The number of hydrogen-bond acceptors (Lipinski definition) is 5. The number of nitrogens with one attached hydrogen (secondary N) is 4. The third-order valence-electron chi connectivity index (χ3n) is 4.04. The summed E-state index contributed by atoms with van der Waals surface area (Å²) < 4.78 is 4.76. The summed E-state index contributed by atoms with van der Waals surface area (Å²) in [4.78, 5) is 47.3. The van der Waals surface area contributed by atoms with Gasteiger partial charge in [0.05, 0.1) is 19.6 Å². The van der Waals surface area contributed by atoms with E-state index in [1.807, 2.05) is 30.3 Å². The Labute approximate surface area is 180 Å². The molecule has 0 fully saturated rings. The SMILES string of the molecule is CCOC(=O)CCNC(=O)CNC(=O)c1cccc(NC(=O)NCc2ccccc2)c1. The van der Waals surface area contributed by atoms with Gasteiger partial charge in [0, 0.05) is 24.3 Å². The number of amides is 4. The molecular formula is C22H26N4O5. The Hall–Kier alpha value is -3.88. The van der Waals surface area contributed by atoms with Crippen molar-refractivity contribution in [3.63, 3.8) is 0 Å². The Bertz CT molecular complexity index is 902. The average molecular weight is 426 g/mol. The van der Waals surface area contributed by atoms with Crippen LogP contribution in [0.5, 0.6) is 0 Å². The molecule has 0 saturated carbocycles. The Kier molecular flexibility index (Phi) is 9.54. The molecular weight excluding hydrogens is 400 g/mol. The summed E-state index contributed by atoms with van der Waals surface area (Å²) in [5, 5.41) is 10.4. The molecule has 0 aliphatic carbocycles. The van der Waals surface area contributed by atoms with Gasteiger partial charge in [-0.15, -0.1) is 0 Å². The molecule has 0 heterocycles. The Morgan fingerprint density at radius 1 is 0.903 bits per heavy atom. The smallest absolute Gasteiger partial charge is 0.319 e. The predicted molar refractivity (Wildman–Crippen MR) is 115 cm³/mol. The van der Waals surface area contributed by atoms with E-state index in [1.54, 1.807) is 25.1 Å². The number of rotatable bonds is 10. The van der Waals surface area contributed by atoms with Gasteiger partial charge in [-0.25, -0.2) is 4.79 Å². The molecule has 2 rings (SSSR count). The molecule has 0 aliphatic heterocycles. The lowest BCUT2D eigenvalue weighted by atomic mass is 10.2. The van der Waals surface area contributed by atoms with Gasteiger partial charge in [0.1, 0.15) is 0 Å². The molecule has 0 bridgehead atoms. The minimum Gasteiger partial charge on any atom is -0.466 e. The van der Waals surface area contributed by atoms with Crippen molar-refractivity contribution in [2.45, 2.75) is 19.9 Å². The summed E-state index contributed by atoms with van der Waals surface area (Å²) in [6.45, 7) is 2.25. The molecule has 0 aliphatic rings. The van der Waals surface area contributed by atoms with E-state index in [0.29, 0.717) is 17.8 Å². The molecule has 31 heavy (non-hydrogen) atoms. The molecule has 9 heteroatoms. The zero-order valence-electron chi connectivity index (χ0n) is 17.3. The van der Waals surface area contributed by atoms with Gasteiger partial charge in [-0.2, -0.15) is 0 Å². The van der Waals surface area contributed by atoms with Crippen LogP contribution in [0.4, 0.5) is 10.5 Å². The summed E-state index contributed by atoms with van der Waals surface area (Å²) in [6.07, 6.45) is 0.0631. The number of anilines is 1. The molecule has 0 unspecified atom stereocenters. The van der Waals surface area contributed by atoms with Gasteiger partial charge in [-0.05, 0) is 30.7 Å². The van der Waals surface area contributed by atoms with Crippen LogP contribution in [0, 0.1) is 0 Å². The number of urea groups is 1. The van der Waals surface area contributed by atoms with E-state index in [2.05, 4.69) is 21.3 Å². The third-order valence-corrected chi connectivity index (χ3v) is 4.04. The van der Waals surface area contributed by atoms with Crippen molar-refractivity contribution in [1.82, 2.24) is 16.0 Å². The molecule has 0 atom stereocenters. The van der Waals surface area contributed by atoms with Crippen LogP contribution in [0.15, 0.2) is 54.6 Å². The minimum absolute atomic E-state index is 0.0631. The van der Waals surface area contributed by atoms with Crippen LogP contribution in [0.1, 0.15) is 29.3 Å². The number of carbonyl (C=O) groups is 4. The maximum atomic E-state index is 12.3. The van der Waals surface area contributed by atoms with E-state index in [-0.39, 0.29) is 26.1 Å².